The summed E-state index contributed by atoms with van der Waals surface area (Å²) in [5.41, 5.74) is -0.362. The van der Waals surface area contributed by atoms with Gasteiger partial charge in [-0.2, -0.15) is 18.4 Å². The van der Waals surface area contributed by atoms with Crippen LogP contribution < -0.4 is 0 Å². The van der Waals surface area contributed by atoms with Crippen molar-refractivity contribution in [3.8, 4) is 17.6 Å². The molecule has 12 heteroatoms. The van der Waals surface area contributed by atoms with Gasteiger partial charge in [-0.1, -0.05) is 6.92 Å². The van der Waals surface area contributed by atoms with Crippen LogP contribution in [-0.2, 0) is 33.6 Å². The highest BCUT2D eigenvalue weighted by Gasteiger charge is 2.46. The molecule has 0 bridgehead atoms. The van der Waals surface area contributed by atoms with Gasteiger partial charge in [0.25, 0.3) is 0 Å². The molecular formula is C20H21F3N6O2S. The third-order valence-corrected chi connectivity index (χ3v) is 7.77. The molecule has 1 N–H and O–H groups in total. The Bertz CT molecular complexity index is 1270. The molecule has 8 nitrogen and oxygen atoms in total. The topological polar surface area (TPSA) is 108 Å². The number of hydroxylamine groups is 2. The third kappa shape index (κ3) is 3.45. The number of alkyl halides is 3. The van der Waals surface area contributed by atoms with Gasteiger partial charge in [0.2, 0.25) is 0 Å². The van der Waals surface area contributed by atoms with E-state index in [9.17, 15) is 22.6 Å². The molecule has 2 aliphatic rings. The number of fused-ring (bicyclic) bond motifs is 1. The molecule has 0 radical (unpaired) electrons. The number of imidazole rings is 1. The number of aromatic nitrogens is 3. The van der Waals surface area contributed by atoms with E-state index in [2.05, 4.69) is 16.0 Å². The standard InChI is InChI=1S/C20H21F3N6O2S/c1-4-32(25,30)15-7-12(19(11-24)5-6-19)9-26-17(15)18-27-13-8-16(20(21,22)23)29(31-3)10-14(13)28(18)2/h7-9,25H,4-6,10H2,1-3H3/t32-/m1/s1. The molecule has 2 aromatic heterocycles. The Balaban J connectivity index is 1.90. The minimum atomic E-state index is -4.63. The SMILES string of the molecule is CC[S@@](=N)(=O)c1cc(C2(C#N)CC2)cnc1-c1nc2c(n1C)CN(OC)C(C(F)(F)F)=C2. The largest absolute Gasteiger partial charge is 0.433 e. The van der Waals surface area contributed by atoms with Crippen molar-refractivity contribution >= 4 is 15.8 Å². The fraction of sp³-hybridized carbons (Fsp3) is 0.450. The van der Waals surface area contributed by atoms with E-state index in [1.807, 2.05) is 0 Å². The Morgan fingerprint density at radius 1 is 1.41 bits per heavy atom. The molecule has 1 aliphatic carbocycles. The van der Waals surface area contributed by atoms with Gasteiger partial charge in [0.1, 0.15) is 11.4 Å². The molecule has 1 fully saturated rings. The zero-order valence-corrected chi connectivity index (χ0v) is 18.5. The summed E-state index contributed by atoms with van der Waals surface area (Å²) in [6.45, 7) is 1.41. The zero-order valence-electron chi connectivity index (χ0n) is 17.7. The first-order valence-corrected chi connectivity index (χ1v) is 11.5. The van der Waals surface area contributed by atoms with Gasteiger partial charge in [-0.3, -0.25) is 9.82 Å². The highest BCUT2D eigenvalue weighted by atomic mass is 32.2. The minimum Gasteiger partial charge on any atom is -0.328 e. The molecule has 2 aromatic rings. The zero-order chi connectivity index (χ0) is 23.5. The normalized spacial score (nSPS) is 19.0. The molecule has 4 rings (SSSR count). The van der Waals surface area contributed by atoms with Crippen molar-refractivity contribution in [3.05, 3.63) is 34.9 Å². The molecule has 1 aliphatic heterocycles. The van der Waals surface area contributed by atoms with Crippen molar-refractivity contribution in [2.45, 2.75) is 42.8 Å². The molecule has 1 saturated carbocycles. The van der Waals surface area contributed by atoms with E-state index in [0.717, 1.165) is 18.2 Å². The summed E-state index contributed by atoms with van der Waals surface area (Å²) >= 11 is 0. The van der Waals surface area contributed by atoms with Crippen LogP contribution in [0.4, 0.5) is 13.2 Å². The van der Waals surface area contributed by atoms with Gasteiger partial charge >= 0.3 is 6.18 Å². The van der Waals surface area contributed by atoms with Crippen molar-refractivity contribution in [2.24, 2.45) is 7.05 Å². The van der Waals surface area contributed by atoms with E-state index in [1.54, 1.807) is 24.6 Å². The van der Waals surface area contributed by atoms with Crippen LogP contribution in [0.15, 0.2) is 22.9 Å². The van der Waals surface area contributed by atoms with E-state index < -0.39 is 27.0 Å². The van der Waals surface area contributed by atoms with Crippen molar-refractivity contribution < 1.29 is 22.2 Å². The summed E-state index contributed by atoms with van der Waals surface area (Å²) in [5.74, 6) is 0.215. The molecule has 0 saturated heterocycles. The molecule has 1 atom stereocenters. The first-order chi connectivity index (χ1) is 15.0. The van der Waals surface area contributed by atoms with Crippen molar-refractivity contribution in [1.82, 2.24) is 19.6 Å². The average Bonchev–Trinajstić information content (AvgIpc) is 3.50. The maximum atomic E-state index is 13.4. The Morgan fingerprint density at radius 2 is 2.09 bits per heavy atom. The number of nitrogens with zero attached hydrogens (tertiary/aromatic N) is 5. The lowest BCUT2D eigenvalue weighted by atomic mass is 9.99. The second-order valence-corrected chi connectivity index (χ2v) is 10.2. The van der Waals surface area contributed by atoms with Gasteiger partial charge in [-0.15, -0.1) is 0 Å². The summed E-state index contributed by atoms with van der Waals surface area (Å²) in [5, 5.41) is 10.2. The summed E-state index contributed by atoms with van der Waals surface area (Å²) in [6, 6.07) is 3.83. The number of allylic oxidation sites excluding steroid dienone is 1. The fourth-order valence-electron chi connectivity index (χ4n) is 3.75. The van der Waals surface area contributed by atoms with Crippen LogP contribution in [0.1, 0.15) is 36.7 Å². The summed E-state index contributed by atoms with van der Waals surface area (Å²) in [4.78, 5) is 13.8. The Labute approximate surface area is 183 Å². The highest BCUT2D eigenvalue weighted by molar-refractivity contribution is 7.92. The van der Waals surface area contributed by atoms with E-state index in [4.69, 9.17) is 9.62 Å². The van der Waals surface area contributed by atoms with Gasteiger partial charge in [0.15, 0.2) is 5.82 Å². The van der Waals surface area contributed by atoms with E-state index in [1.165, 1.54) is 6.20 Å². The molecule has 3 heterocycles. The van der Waals surface area contributed by atoms with Crippen molar-refractivity contribution in [2.75, 3.05) is 12.9 Å². The van der Waals surface area contributed by atoms with E-state index >= 15 is 0 Å². The third-order valence-electron chi connectivity index (χ3n) is 5.93. The lowest BCUT2D eigenvalue weighted by Gasteiger charge is -2.29. The van der Waals surface area contributed by atoms with E-state index in [0.29, 0.717) is 24.1 Å². The van der Waals surface area contributed by atoms with Crippen LogP contribution in [0.5, 0.6) is 0 Å². The molecule has 0 aromatic carbocycles. The predicted molar refractivity (Wildman–Crippen MR) is 109 cm³/mol. The highest BCUT2D eigenvalue weighted by Crippen LogP contribution is 2.48. The van der Waals surface area contributed by atoms with Crippen LogP contribution in [0.25, 0.3) is 17.6 Å². The Morgan fingerprint density at radius 3 is 2.62 bits per heavy atom. The number of hydrogen-bond donors (Lipinski definition) is 1. The number of hydrogen-bond acceptors (Lipinski definition) is 7. The summed E-state index contributed by atoms with van der Waals surface area (Å²) in [7, 11) is -0.490. The fourth-order valence-corrected chi connectivity index (χ4v) is 4.83. The van der Waals surface area contributed by atoms with Crippen LogP contribution in [-0.4, -0.2) is 42.8 Å². The Hall–Kier alpha value is -2.91. The van der Waals surface area contributed by atoms with Crippen molar-refractivity contribution in [1.29, 1.82) is 10.0 Å². The first-order valence-electron chi connectivity index (χ1n) is 9.82. The quantitative estimate of drug-likeness (QED) is 0.719. The van der Waals surface area contributed by atoms with Crippen molar-refractivity contribution in [3.63, 3.8) is 0 Å². The smallest absolute Gasteiger partial charge is 0.328 e. The van der Waals surface area contributed by atoms with Crippen LogP contribution in [0, 0.1) is 16.1 Å². The lowest BCUT2D eigenvalue weighted by molar-refractivity contribution is -0.185. The number of nitrogens with one attached hydrogen (secondary N) is 1. The van der Waals surface area contributed by atoms with Crippen LogP contribution in [0.3, 0.4) is 0 Å². The summed E-state index contributed by atoms with van der Waals surface area (Å²) in [6.07, 6.45) is -0.920. The maximum Gasteiger partial charge on any atom is 0.433 e. The summed E-state index contributed by atoms with van der Waals surface area (Å²) < 4.78 is 63.3. The Kier molecular flexibility index (Phi) is 5.09. The van der Waals surface area contributed by atoms with Gasteiger partial charge in [0, 0.05) is 19.0 Å². The second kappa shape index (κ2) is 7.31. The molecular weight excluding hydrogens is 445 g/mol. The number of nitriles is 1. The number of halogens is 3. The van der Waals surface area contributed by atoms with Gasteiger partial charge in [-0.05, 0) is 30.5 Å². The maximum absolute atomic E-state index is 13.4. The molecule has 0 amide bonds. The molecule has 0 spiro atoms. The number of pyridine rings is 1. The number of rotatable bonds is 5. The van der Waals surface area contributed by atoms with Gasteiger partial charge in [-0.25, -0.2) is 19.0 Å². The predicted octanol–water partition coefficient (Wildman–Crippen LogP) is 3.74. The average molecular weight is 466 g/mol. The molecule has 32 heavy (non-hydrogen) atoms. The monoisotopic (exact) mass is 466 g/mol. The van der Waals surface area contributed by atoms with Gasteiger partial charge in [0.05, 0.1) is 51.2 Å². The van der Waals surface area contributed by atoms with Crippen LogP contribution >= 0.6 is 0 Å². The first kappa shape index (κ1) is 22.3. The van der Waals surface area contributed by atoms with E-state index in [-0.39, 0.29) is 34.4 Å². The van der Waals surface area contributed by atoms with Crippen LogP contribution in [0.2, 0.25) is 0 Å². The minimum absolute atomic E-state index is 0.0183. The lowest BCUT2D eigenvalue weighted by Crippen LogP contribution is -2.33. The second-order valence-electron chi connectivity index (χ2n) is 7.80. The van der Waals surface area contributed by atoms with Gasteiger partial charge < -0.3 is 4.57 Å². The molecule has 170 valence electrons. The molecule has 0 unspecified atom stereocenters.